The van der Waals surface area contributed by atoms with E-state index < -0.39 is 0 Å². The van der Waals surface area contributed by atoms with Crippen molar-refractivity contribution in [3.8, 4) is 0 Å². The van der Waals surface area contributed by atoms with Gasteiger partial charge in [-0.1, -0.05) is 90.4 Å². The number of rotatable bonds is 19. The molecule has 0 amide bonds. The normalized spacial score (nSPS) is 11.1. The Balaban J connectivity index is 1.83. The van der Waals surface area contributed by atoms with Crippen LogP contribution < -0.4 is 5.32 Å². The zero-order valence-corrected chi connectivity index (χ0v) is 18.5. The van der Waals surface area contributed by atoms with Gasteiger partial charge in [-0.05, 0) is 31.5 Å². The van der Waals surface area contributed by atoms with E-state index in [1.165, 1.54) is 89.9 Å². The molecule has 0 radical (unpaired) electrons. The number of H-pyrrole nitrogens is 1. The quantitative estimate of drug-likeness (QED) is 0.202. The zero-order valence-electron chi connectivity index (χ0n) is 18.5. The highest BCUT2D eigenvalue weighted by molar-refractivity contribution is 5.87. The number of hydrogen-bond acceptors (Lipinski definition) is 3. The lowest BCUT2D eigenvalue weighted by Crippen LogP contribution is -2.14. The molecule has 1 aromatic heterocycles. The van der Waals surface area contributed by atoms with Crippen LogP contribution in [0.2, 0.25) is 0 Å². The molecule has 1 heterocycles. The molecule has 0 atom stereocenters. The summed E-state index contributed by atoms with van der Waals surface area (Å²) in [7, 11) is 0. The first-order valence-electron chi connectivity index (χ1n) is 11.8. The molecule has 0 spiro atoms. The van der Waals surface area contributed by atoms with Gasteiger partial charge in [-0.3, -0.25) is 0 Å². The Labute approximate surface area is 173 Å². The van der Waals surface area contributed by atoms with E-state index in [0.717, 1.165) is 18.7 Å². The Bertz CT molecular complexity index is 485. The largest absolute Gasteiger partial charge is 0.461 e. The predicted molar refractivity (Wildman–Crippen MR) is 119 cm³/mol. The number of esters is 1. The van der Waals surface area contributed by atoms with Crippen molar-refractivity contribution in [3.63, 3.8) is 0 Å². The van der Waals surface area contributed by atoms with Crippen LogP contribution in [-0.2, 0) is 11.3 Å². The van der Waals surface area contributed by atoms with Gasteiger partial charge in [0.2, 0.25) is 0 Å². The standard InChI is InChI=1S/C24H44N2O2/c1-3-5-6-7-8-9-10-11-12-13-14-15-16-17-18-25-20-22-19-23(26-21-22)24(27)28-4-2/h19,21,25-26H,3-18,20H2,1-2H3. The van der Waals surface area contributed by atoms with E-state index in [0.29, 0.717) is 12.3 Å². The van der Waals surface area contributed by atoms with Crippen LogP contribution in [0.5, 0.6) is 0 Å². The number of aromatic amines is 1. The average Bonchev–Trinajstić information content (AvgIpc) is 3.17. The van der Waals surface area contributed by atoms with Gasteiger partial charge in [0.15, 0.2) is 0 Å². The monoisotopic (exact) mass is 392 g/mol. The molecule has 1 aromatic rings. The minimum atomic E-state index is -0.277. The van der Waals surface area contributed by atoms with Gasteiger partial charge in [0.25, 0.3) is 0 Å². The van der Waals surface area contributed by atoms with E-state index in [-0.39, 0.29) is 5.97 Å². The van der Waals surface area contributed by atoms with Crippen LogP contribution in [0, 0.1) is 0 Å². The van der Waals surface area contributed by atoms with Crippen molar-refractivity contribution in [2.75, 3.05) is 13.2 Å². The van der Waals surface area contributed by atoms with Gasteiger partial charge < -0.3 is 15.0 Å². The number of aromatic nitrogens is 1. The molecule has 162 valence electrons. The van der Waals surface area contributed by atoms with Crippen LogP contribution >= 0.6 is 0 Å². The van der Waals surface area contributed by atoms with Crippen LogP contribution in [0.3, 0.4) is 0 Å². The van der Waals surface area contributed by atoms with Crippen LogP contribution in [0.1, 0.15) is 120 Å². The Morgan fingerprint density at radius 2 is 1.39 bits per heavy atom. The van der Waals surface area contributed by atoms with Gasteiger partial charge >= 0.3 is 5.97 Å². The number of nitrogens with one attached hydrogen (secondary N) is 2. The van der Waals surface area contributed by atoms with Gasteiger partial charge in [0, 0.05) is 12.7 Å². The molecule has 28 heavy (non-hydrogen) atoms. The fourth-order valence-electron chi connectivity index (χ4n) is 3.55. The van der Waals surface area contributed by atoms with Crippen LogP contribution in [0.25, 0.3) is 0 Å². The number of unbranched alkanes of at least 4 members (excludes halogenated alkanes) is 13. The second-order valence-corrected chi connectivity index (χ2v) is 7.92. The number of ether oxygens (including phenoxy) is 1. The molecule has 4 heteroatoms. The second kappa shape index (κ2) is 17.8. The van der Waals surface area contributed by atoms with Gasteiger partial charge in [-0.2, -0.15) is 0 Å². The fraction of sp³-hybridized carbons (Fsp3) is 0.792. The minimum Gasteiger partial charge on any atom is -0.461 e. The van der Waals surface area contributed by atoms with Gasteiger partial charge in [0.1, 0.15) is 5.69 Å². The first kappa shape index (κ1) is 24.7. The maximum Gasteiger partial charge on any atom is 0.354 e. The van der Waals surface area contributed by atoms with E-state index in [2.05, 4.69) is 17.2 Å². The third-order valence-electron chi connectivity index (χ3n) is 5.27. The van der Waals surface area contributed by atoms with Crippen molar-refractivity contribution >= 4 is 5.97 Å². The lowest BCUT2D eigenvalue weighted by Gasteiger charge is -2.04. The summed E-state index contributed by atoms with van der Waals surface area (Å²) < 4.78 is 4.99. The molecular weight excluding hydrogens is 348 g/mol. The highest BCUT2D eigenvalue weighted by Crippen LogP contribution is 2.13. The first-order valence-corrected chi connectivity index (χ1v) is 11.8. The lowest BCUT2D eigenvalue weighted by atomic mass is 10.0. The first-order chi connectivity index (χ1) is 13.8. The summed E-state index contributed by atoms with van der Waals surface area (Å²) in [6.07, 6.45) is 21.4. The highest BCUT2D eigenvalue weighted by Gasteiger charge is 2.08. The maximum absolute atomic E-state index is 11.6. The molecule has 0 saturated heterocycles. The highest BCUT2D eigenvalue weighted by atomic mass is 16.5. The Morgan fingerprint density at radius 1 is 0.857 bits per heavy atom. The molecular formula is C24H44N2O2. The summed E-state index contributed by atoms with van der Waals surface area (Å²) in [6.45, 7) is 6.35. The van der Waals surface area contributed by atoms with Gasteiger partial charge in [-0.25, -0.2) is 4.79 Å². The van der Waals surface area contributed by atoms with Crippen molar-refractivity contribution in [2.24, 2.45) is 0 Å². The van der Waals surface area contributed by atoms with E-state index in [9.17, 15) is 4.79 Å². The zero-order chi connectivity index (χ0) is 20.3. The van der Waals surface area contributed by atoms with Crippen molar-refractivity contribution in [3.05, 3.63) is 23.5 Å². The predicted octanol–water partition coefficient (Wildman–Crippen LogP) is 6.76. The summed E-state index contributed by atoms with van der Waals surface area (Å²) in [6, 6.07) is 1.87. The topological polar surface area (TPSA) is 54.1 Å². The van der Waals surface area contributed by atoms with Gasteiger partial charge in [0.05, 0.1) is 6.61 Å². The average molecular weight is 393 g/mol. The van der Waals surface area contributed by atoms with Crippen molar-refractivity contribution in [1.29, 1.82) is 0 Å². The van der Waals surface area contributed by atoms with E-state index in [1.54, 1.807) is 0 Å². The fourth-order valence-corrected chi connectivity index (χ4v) is 3.55. The van der Waals surface area contributed by atoms with Crippen molar-refractivity contribution < 1.29 is 9.53 Å². The van der Waals surface area contributed by atoms with E-state index in [1.807, 2.05) is 19.2 Å². The second-order valence-electron chi connectivity index (χ2n) is 7.92. The molecule has 1 rings (SSSR count). The van der Waals surface area contributed by atoms with Crippen LogP contribution in [0.4, 0.5) is 0 Å². The van der Waals surface area contributed by atoms with Crippen molar-refractivity contribution in [2.45, 2.75) is 110 Å². The third-order valence-corrected chi connectivity index (χ3v) is 5.27. The molecule has 0 aromatic carbocycles. The number of carbonyl (C=O) groups is 1. The van der Waals surface area contributed by atoms with Crippen LogP contribution in [0.15, 0.2) is 12.3 Å². The molecule has 0 unspecified atom stereocenters. The molecule has 0 aliphatic rings. The molecule has 4 nitrogen and oxygen atoms in total. The third kappa shape index (κ3) is 13.0. The minimum absolute atomic E-state index is 0.277. The summed E-state index contributed by atoms with van der Waals surface area (Å²) in [5.41, 5.74) is 1.64. The Kier molecular flexibility index (Phi) is 15.7. The molecule has 0 saturated carbocycles. The lowest BCUT2D eigenvalue weighted by molar-refractivity contribution is 0.0520. The number of carbonyl (C=O) groups excluding carboxylic acids is 1. The molecule has 0 bridgehead atoms. The Hall–Kier alpha value is -1.29. The van der Waals surface area contributed by atoms with Crippen LogP contribution in [-0.4, -0.2) is 24.1 Å². The molecule has 0 aliphatic carbocycles. The summed E-state index contributed by atoms with van der Waals surface area (Å²) in [5.74, 6) is -0.277. The smallest absolute Gasteiger partial charge is 0.354 e. The number of hydrogen-bond donors (Lipinski definition) is 2. The van der Waals surface area contributed by atoms with E-state index in [4.69, 9.17) is 4.74 Å². The Morgan fingerprint density at radius 3 is 1.93 bits per heavy atom. The molecule has 0 aliphatic heterocycles. The SMILES string of the molecule is CCCCCCCCCCCCCCCCNCc1c[nH]c(C(=O)OCC)c1. The van der Waals surface area contributed by atoms with E-state index >= 15 is 0 Å². The summed E-state index contributed by atoms with van der Waals surface area (Å²) >= 11 is 0. The summed E-state index contributed by atoms with van der Waals surface area (Å²) in [4.78, 5) is 14.6. The summed E-state index contributed by atoms with van der Waals surface area (Å²) in [5, 5.41) is 3.46. The maximum atomic E-state index is 11.6. The van der Waals surface area contributed by atoms with Crippen molar-refractivity contribution in [1.82, 2.24) is 10.3 Å². The molecule has 2 N–H and O–H groups in total. The molecule has 0 fully saturated rings. The van der Waals surface area contributed by atoms with Gasteiger partial charge in [-0.15, -0.1) is 0 Å².